The number of rotatable bonds is 5. The first-order valence-electron chi connectivity index (χ1n) is 6.41. The lowest BCUT2D eigenvalue weighted by atomic mass is 9.92. The molecule has 2 rings (SSSR count). The molecule has 0 aromatic carbocycles. The van der Waals surface area contributed by atoms with E-state index >= 15 is 0 Å². The monoisotopic (exact) mass is 255 g/mol. The molecule has 0 spiro atoms. The molecule has 1 aromatic rings. The van der Waals surface area contributed by atoms with Gasteiger partial charge in [-0.15, -0.1) is 0 Å². The first-order valence-corrected chi connectivity index (χ1v) is 6.79. The Bertz CT molecular complexity index is 407. The van der Waals surface area contributed by atoms with Gasteiger partial charge >= 0.3 is 0 Å². The third kappa shape index (κ3) is 2.36. The Balaban J connectivity index is 2.15. The molecule has 4 heteroatoms. The lowest BCUT2D eigenvalue weighted by Gasteiger charge is -2.24. The van der Waals surface area contributed by atoms with E-state index < -0.39 is 0 Å². The van der Waals surface area contributed by atoms with Crippen molar-refractivity contribution in [2.24, 2.45) is 12.5 Å². The van der Waals surface area contributed by atoms with E-state index in [2.05, 4.69) is 24.3 Å². The van der Waals surface area contributed by atoms with Crippen LogP contribution in [0.25, 0.3) is 0 Å². The summed E-state index contributed by atoms with van der Waals surface area (Å²) in [6.45, 7) is 7.45. The van der Waals surface area contributed by atoms with Gasteiger partial charge in [0.2, 0.25) is 0 Å². The van der Waals surface area contributed by atoms with Gasteiger partial charge in [-0.1, -0.05) is 18.5 Å². The minimum absolute atomic E-state index is 0.403. The molecular formula is C13H22ClN3. The topological polar surface area (TPSA) is 29.9 Å². The van der Waals surface area contributed by atoms with Crippen LogP contribution in [0.5, 0.6) is 0 Å². The fourth-order valence-corrected chi connectivity index (χ4v) is 2.88. The molecule has 1 heterocycles. The Morgan fingerprint density at radius 2 is 2.18 bits per heavy atom. The molecule has 1 N–H and O–H groups in total. The smallest absolute Gasteiger partial charge is 0.0847 e. The predicted molar refractivity (Wildman–Crippen MR) is 71.5 cm³/mol. The van der Waals surface area contributed by atoms with Crippen LogP contribution in [-0.2, 0) is 13.5 Å². The van der Waals surface area contributed by atoms with Crippen LogP contribution < -0.4 is 5.32 Å². The number of halogens is 1. The van der Waals surface area contributed by atoms with Crippen LogP contribution in [0.3, 0.4) is 0 Å². The lowest BCUT2D eigenvalue weighted by molar-refractivity contribution is 0.348. The summed E-state index contributed by atoms with van der Waals surface area (Å²) < 4.78 is 1.94. The third-order valence-electron chi connectivity index (χ3n) is 4.10. The highest BCUT2D eigenvalue weighted by atomic mass is 35.5. The van der Waals surface area contributed by atoms with Crippen molar-refractivity contribution in [3.8, 4) is 0 Å². The molecule has 0 amide bonds. The van der Waals surface area contributed by atoms with Crippen LogP contribution in [0.1, 0.15) is 38.1 Å². The van der Waals surface area contributed by atoms with Crippen molar-refractivity contribution in [3.05, 3.63) is 16.4 Å². The summed E-state index contributed by atoms with van der Waals surface area (Å²) in [7, 11) is 1.99. The second kappa shape index (κ2) is 4.62. The van der Waals surface area contributed by atoms with Gasteiger partial charge in [0.25, 0.3) is 0 Å². The molecule has 1 saturated carbocycles. The van der Waals surface area contributed by atoms with Gasteiger partial charge in [-0.3, -0.25) is 4.68 Å². The Labute approximate surface area is 109 Å². The molecule has 96 valence electrons. The second-order valence-corrected chi connectivity index (χ2v) is 5.67. The molecule has 1 fully saturated rings. The van der Waals surface area contributed by atoms with Gasteiger partial charge in [0.15, 0.2) is 0 Å². The van der Waals surface area contributed by atoms with E-state index in [-0.39, 0.29) is 0 Å². The molecule has 0 saturated heterocycles. The van der Waals surface area contributed by atoms with E-state index in [0.717, 1.165) is 23.7 Å². The van der Waals surface area contributed by atoms with Gasteiger partial charge in [-0.05, 0) is 45.1 Å². The van der Waals surface area contributed by atoms with E-state index in [9.17, 15) is 0 Å². The Hall–Kier alpha value is -0.540. The molecule has 1 aliphatic carbocycles. The van der Waals surface area contributed by atoms with Crippen LogP contribution in [0.15, 0.2) is 0 Å². The van der Waals surface area contributed by atoms with Gasteiger partial charge < -0.3 is 5.32 Å². The minimum Gasteiger partial charge on any atom is -0.314 e. The zero-order chi connectivity index (χ0) is 12.6. The summed E-state index contributed by atoms with van der Waals surface area (Å²) in [6.07, 6.45) is 3.63. The second-order valence-electron chi connectivity index (χ2n) is 5.29. The van der Waals surface area contributed by atoms with Crippen molar-refractivity contribution < 1.29 is 0 Å². The Morgan fingerprint density at radius 1 is 1.53 bits per heavy atom. The first-order chi connectivity index (χ1) is 8.00. The summed E-state index contributed by atoms with van der Waals surface area (Å²) in [5, 5.41) is 8.78. The quantitative estimate of drug-likeness (QED) is 0.877. The molecule has 1 aliphatic rings. The van der Waals surface area contributed by atoms with Crippen molar-refractivity contribution in [3.63, 3.8) is 0 Å². The molecule has 3 nitrogen and oxygen atoms in total. The van der Waals surface area contributed by atoms with Crippen LogP contribution in [0, 0.1) is 12.3 Å². The summed E-state index contributed by atoms with van der Waals surface area (Å²) in [5.74, 6) is 0. The molecule has 17 heavy (non-hydrogen) atoms. The standard InChI is InChI=1S/C13H22ClN3/c1-5-15-10(3)13(6-7-13)8-11-12(14)9(2)16-17(11)4/h10,15H,5-8H2,1-4H3. The van der Waals surface area contributed by atoms with E-state index in [0.29, 0.717) is 11.5 Å². The number of nitrogens with one attached hydrogen (secondary N) is 1. The number of aryl methyl sites for hydroxylation is 2. The van der Waals surface area contributed by atoms with E-state index in [1.807, 2.05) is 18.7 Å². The van der Waals surface area contributed by atoms with Crippen molar-refractivity contribution in [2.45, 2.75) is 46.1 Å². The normalized spacial score (nSPS) is 19.4. The van der Waals surface area contributed by atoms with E-state index in [4.69, 9.17) is 11.6 Å². The zero-order valence-electron chi connectivity index (χ0n) is 11.2. The summed E-state index contributed by atoms with van der Waals surface area (Å²) in [6, 6.07) is 0.554. The van der Waals surface area contributed by atoms with Crippen LogP contribution in [0.2, 0.25) is 5.02 Å². The molecular weight excluding hydrogens is 234 g/mol. The van der Waals surface area contributed by atoms with E-state index in [1.54, 1.807) is 0 Å². The average Bonchev–Trinajstić information content (AvgIpc) is 3.01. The van der Waals surface area contributed by atoms with Gasteiger partial charge in [0, 0.05) is 13.1 Å². The van der Waals surface area contributed by atoms with E-state index in [1.165, 1.54) is 18.5 Å². The fraction of sp³-hybridized carbons (Fsp3) is 0.769. The van der Waals surface area contributed by atoms with Crippen molar-refractivity contribution in [2.75, 3.05) is 6.54 Å². The SMILES string of the molecule is CCNC(C)C1(Cc2c(Cl)c(C)nn2C)CC1. The largest absolute Gasteiger partial charge is 0.314 e. The number of hydrogen-bond acceptors (Lipinski definition) is 2. The van der Waals surface area contributed by atoms with Gasteiger partial charge in [-0.2, -0.15) is 5.10 Å². The van der Waals surface area contributed by atoms with Crippen LogP contribution in [0.4, 0.5) is 0 Å². The molecule has 0 aliphatic heterocycles. The van der Waals surface area contributed by atoms with Crippen molar-refractivity contribution >= 4 is 11.6 Å². The summed E-state index contributed by atoms with van der Waals surface area (Å²) in [4.78, 5) is 0. The molecule has 1 atom stereocenters. The maximum Gasteiger partial charge on any atom is 0.0847 e. The zero-order valence-corrected chi connectivity index (χ0v) is 11.9. The summed E-state index contributed by atoms with van der Waals surface area (Å²) in [5.41, 5.74) is 2.53. The maximum atomic E-state index is 6.33. The van der Waals surface area contributed by atoms with Crippen LogP contribution >= 0.6 is 11.6 Å². The Kier molecular flexibility index (Phi) is 3.50. The van der Waals surface area contributed by atoms with Crippen LogP contribution in [-0.4, -0.2) is 22.4 Å². The fourth-order valence-electron chi connectivity index (χ4n) is 2.65. The number of aromatic nitrogens is 2. The third-order valence-corrected chi connectivity index (χ3v) is 4.59. The predicted octanol–water partition coefficient (Wildman–Crippen LogP) is 2.70. The first kappa shape index (κ1) is 12.9. The van der Waals surface area contributed by atoms with Crippen molar-refractivity contribution in [1.82, 2.24) is 15.1 Å². The lowest BCUT2D eigenvalue weighted by Crippen LogP contribution is -2.36. The Morgan fingerprint density at radius 3 is 2.59 bits per heavy atom. The van der Waals surface area contributed by atoms with Gasteiger partial charge in [0.1, 0.15) is 0 Å². The van der Waals surface area contributed by atoms with Gasteiger partial charge in [0.05, 0.1) is 16.4 Å². The number of nitrogens with zero attached hydrogens (tertiary/aromatic N) is 2. The highest BCUT2D eigenvalue weighted by Gasteiger charge is 2.47. The summed E-state index contributed by atoms with van der Waals surface area (Å²) >= 11 is 6.33. The van der Waals surface area contributed by atoms with Gasteiger partial charge in [-0.25, -0.2) is 0 Å². The molecule has 0 bridgehead atoms. The molecule has 0 radical (unpaired) electrons. The molecule has 1 unspecified atom stereocenters. The highest BCUT2D eigenvalue weighted by Crippen LogP contribution is 2.51. The minimum atomic E-state index is 0.403. The van der Waals surface area contributed by atoms with Crippen molar-refractivity contribution in [1.29, 1.82) is 0 Å². The highest BCUT2D eigenvalue weighted by molar-refractivity contribution is 6.31. The number of hydrogen-bond donors (Lipinski definition) is 1. The average molecular weight is 256 g/mol. The molecule has 1 aromatic heterocycles. The maximum absolute atomic E-state index is 6.33.